The molecule has 0 aromatic rings. The van der Waals surface area contributed by atoms with Crippen LogP contribution in [-0.4, -0.2) is 49.1 Å². The second-order valence-electron chi connectivity index (χ2n) is 6.68. The van der Waals surface area contributed by atoms with E-state index in [0.29, 0.717) is 6.42 Å². The average Bonchev–Trinajstić information content (AvgIpc) is 2.13. The molecule has 0 aromatic heterocycles. The molecule has 106 valence electrons. The van der Waals surface area contributed by atoms with Crippen LogP contribution in [0.1, 0.15) is 46.5 Å². The number of carbonyl (C=O) groups excluding carboxylic acids is 1. The molecule has 0 atom stereocenters. The molecule has 1 amide bonds. The van der Waals surface area contributed by atoms with Crippen LogP contribution in [0.15, 0.2) is 0 Å². The molecular weight excluding hydrogens is 226 g/mol. The van der Waals surface area contributed by atoms with Crippen LogP contribution in [0.3, 0.4) is 0 Å². The molecule has 4 nitrogen and oxygen atoms in total. The van der Waals surface area contributed by atoms with Gasteiger partial charge in [-0.25, -0.2) is 0 Å². The van der Waals surface area contributed by atoms with E-state index in [1.54, 1.807) is 0 Å². The zero-order chi connectivity index (χ0) is 13.8. The number of nitrogens with one attached hydrogen (secondary N) is 2. The summed E-state index contributed by atoms with van der Waals surface area (Å²) in [5.74, 6) is 0.153. The number of carbonyl (C=O) groups is 1. The topological polar surface area (TPSA) is 44.4 Å². The van der Waals surface area contributed by atoms with E-state index in [1.807, 2.05) is 0 Å². The third-order valence-corrected chi connectivity index (χ3v) is 3.85. The van der Waals surface area contributed by atoms with Crippen LogP contribution in [0.2, 0.25) is 0 Å². The largest absolute Gasteiger partial charge is 0.354 e. The molecule has 18 heavy (non-hydrogen) atoms. The maximum Gasteiger partial charge on any atom is 0.221 e. The van der Waals surface area contributed by atoms with Crippen LogP contribution in [0, 0.1) is 0 Å². The summed E-state index contributed by atoms with van der Waals surface area (Å²) >= 11 is 0. The lowest BCUT2D eigenvalue weighted by Gasteiger charge is -2.47. The molecule has 4 heteroatoms. The lowest BCUT2D eigenvalue weighted by atomic mass is 9.75. The Labute approximate surface area is 111 Å². The molecule has 0 saturated heterocycles. The van der Waals surface area contributed by atoms with Gasteiger partial charge < -0.3 is 15.5 Å². The van der Waals surface area contributed by atoms with Gasteiger partial charge in [-0.2, -0.15) is 0 Å². The maximum absolute atomic E-state index is 11.8. The Morgan fingerprint density at radius 3 is 2.28 bits per heavy atom. The molecule has 0 aliphatic heterocycles. The molecular formula is C14H29N3O. The summed E-state index contributed by atoms with van der Waals surface area (Å²) in [4.78, 5) is 14.0. The first kappa shape index (κ1) is 15.4. The predicted octanol–water partition coefficient (Wildman–Crippen LogP) is 1.37. The smallest absolute Gasteiger partial charge is 0.221 e. The van der Waals surface area contributed by atoms with Crippen LogP contribution in [0.4, 0.5) is 0 Å². The van der Waals surface area contributed by atoms with Crippen molar-refractivity contribution >= 4 is 5.91 Å². The van der Waals surface area contributed by atoms with Gasteiger partial charge >= 0.3 is 0 Å². The molecule has 1 aliphatic carbocycles. The summed E-state index contributed by atoms with van der Waals surface area (Å²) in [6, 6.07) is 0. The Hall–Kier alpha value is -0.610. The molecule has 2 N–H and O–H groups in total. The molecule has 0 unspecified atom stereocenters. The Morgan fingerprint density at radius 1 is 1.28 bits per heavy atom. The molecule has 0 spiro atoms. The van der Waals surface area contributed by atoms with Gasteiger partial charge in [0.1, 0.15) is 0 Å². The van der Waals surface area contributed by atoms with E-state index in [9.17, 15) is 4.79 Å². The highest BCUT2D eigenvalue weighted by Gasteiger charge is 2.38. The van der Waals surface area contributed by atoms with Crippen LogP contribution in [0.25, 0.3) is 0 Å². The Kier molecular flexibility index (Phi) is 5.17. The van der Waals surface area contributed by atoms with Crippen molar-refractivity contribution in [2.45, 2.75) is 57.5 Å². The van der Waals surface area contributed by atoms with Gasteiger partial charge in [-0.3, -0.25) is 4.79 Å². The van der Waals surface area contributed by atoms with Gasteiger partial charge in [-0.15, -0.1) is 0 Å². The molecule has 0 bridgehead atoms. The number of hydrogen-bond donors (Lipinski definition) is 2. The first-order chi connectivity index (χ1) is 8.25. The number of likely N-dealkylation sites (N-methyl/N-ethyl adjacent to an activating group) is 1. The Morgan fingerprint density at radius 2 is 1.89 bits per heavy atom. The average molecular weight is 255 g/mol. The predicted molar refractivity (Wildman–Crippen MR) is 75.7 cm³/mol. The van der Waals surface area contributed by atoms with Gasteiger partial charge in [0.2, 0.25) is 5.91 Å². The van der Waals surface area contributed by atoms with Crippen molar-refractivity contribution in [3.63, 3.8) is 0 Å². The normalized spacial score (nSPS) is 18.6. The SMILES string of the molecule is CN(C)C1(CNC(=O)CCNC(C)(C)C)CCC1. The zero-order valence-electron chi connectivity index (χ0n) is 12.6. The van der Waals surface area contributed by atoms with Crippen molar-refractivity contribution in [2.24, 2.45) is 0 Å². The van der Waals surface area contributed by atoms with Crippen molar-refractivity contribution in [2.75, 3.05) is 27.2 Å². The van der Waals surface area contributed by atoms with Crippen molar-refractivity contribution in [1.82, 2.24) is 15.5 Å². The number of nitrogens with zero attached hydrogens (tertiary/aromatic N) is 1. The first-order valence-electron chi connectivity index (χ1n) is 6.94. The van der Waals surface area contributed by atoms with Crippen molar-refractivity contribution in [3.8, 4) is 0 Å². The van der Waals surface area contributed by atoms with Crippen LogP contribution in [0.5, 0.6) is 0 Å². The highest BCUT2D eigenvalue weighted by atomic mass is 16.1. The van der Waals surface area contributed by atoms with Crippen molar-refractivity contribution < 1.29 is 4.79 Å². The van der Waals surface area contributed by atoms with Gasteiger partial charge in [0, 0.05) is 30.6 Å². The highest BCUT2D eigenvalue weighted by Crippen LogP contribution is 2.35. The number of rotatable bonds is 6. The molecule has 0 heterocycles. The van der Waals surface area contributed by atoms with Gasteiger partial charge in [-0.1, -0.05) is 0 Å². The highest BCUT2D eigenvalue weighted by molar-refractivity contribution is 5.76. The van der Waals surface area contributed by atoms with Crippen molar-refractivity contribution in [3.05, 3.63) is 0 Å². The Bertz CT molecular complexity index is 277. The minimum absolute atomic E-state index is 0.0825. The lowest BCUT2D eigenvalue weighted by molar-refractivity contribution is -0.122. The van der Waals surface area contributed by atoms with E-state index in [1.165, 1.54) is 19.3 Å². The third-order valence-electron chi connectivity index (χ3n) is 3.85. The third kappa shape index (κ3) is 4.58. The summed E-state index contributed by atoms with van der Waals surface area (Å²) in [6.07, 6.45) is 4.22. The molecule has 1 saturated carbocycles. The summed E-state index contributed by atoms with van der Waals surface area (Å²) in [6.45, 7) is 7.86. The van der Waals surface area contributed by atoms with Gasteiger partial charge in [0.15, 0.2) is 0 Å². The summed E-state index contributed by atoms with van der Waals surface area (Å²) < 4.78 is 0. The summed E-state index contributed by atoms with van der Waals surface area (Å²) in [7, 11) is 4.21. The molecule has 1 aliphatic rings. The fourth-order valence-electron chi connectivity index (χ4n) is 2.27. The van der Waals surface area contributed by atoms with Crippen LogP contribution >= 0.6 is 0 Å². The van der Waals surface area contributed by atoms with Crippen LogP contribution in [-0.2, 0) is 4.79 Å². The van der Waals surface area contributed by atoms with E-state index in [2.05, 4.69) is 50.4 Å². The first-order valence-corrected chi connectivity index (χ1v) is 6.94. The molecule has 0 aromatic carbocycles. The Balaban J connectivity index is 2.21. The summed E-state index contributed by atoms with van der Waals surface area (Å²) in [5, 5.41) is 6.40. The minimum atomic E-state index is 0.0825. The van der Waals surface area contributed by atoms with Gasteiger partial charge in [-0.05, 0) is 54.1 Å². The lowest BCUT2D eigenvalue weighted by Crippen LogP contribution is -2.57. The minimum Gasteiger partial charge on any atom is -0.354 e. The molecule has 1 rings (SSSR count). The van der Waals surface area contributed by atoms with E-state index < -0.39 is 0 Å². The van der Waals surface area contributed by atoms with E-state index in [0.717, 1.165) is 13.1 Å². The van der Waals surface area contributed by atoms with Gasteiger partial charge in [0.05, 0.1) is 0 Å². The van der Waals surface area contributed by atoms with Crippen LogP contribution < -0.4 is 10.6 Å². The second kappa shape index (κ2) is 6.02. The molecule has 0 radical (unpaired) electrons. The summed E-state index contributed by atoms with van der Waals surface area (Å²) in [5.41, 5.74) is 0.298. The van der Waals surface area contributed by atoms with E-state index in [-0.39, 0.29) is 17.0 Å². The fourth-order valence-corrected chi connectivity index (χ4v) is 2.27. The van der Waals surface area contributed by atoms with Crippen molar-refractivity contribution in [1.29, 1.82) is 0 Å². The number of hydrogen-bond acceptors (Lipinski definition) is 3. The number of amides is 1. The maximum atomic E-state index is 11.8. The molecule has 1 fully saturated rings. The zero-order valence-corrected chi connectivity index (χ0v) is 12.6. The fraction of sp³-hybridized carbons (Fsp3) is 0.929. The monoisotopic (exact) mass is 255 g/mol. The quantitative estimate of drug-likeness (QED) is 0.753. The second-order valence-corrected chi connectivity index (χ2v) is 6.68. The van der Waals surface area contributed by atoms with E-state index >= 15 is 0 Å². The van der Waals surface area contributed by atoms with Gasteiger partial charge in [0.25, 0.3) is 0 Å². The standard InChI is InChI=1S/C14H29N3O/c1-13(2,3)16-10-7-12(18)15-11-14(17(4)5)8-6-9-14/h16H,6-11H2,1-5H3,(H,15,18). The van der Waals surface area contributed by atoms with E-state index in [4.69, 9.17) is 0 Å².